The van der Waals surface area contributed by atoms with Crippen LogP contribution in [0.25, 0.3) is 10.8 Å². The third-order valence-electron chi connectivity index (χ3n) is 3.84. The molecule has 2 N–H and O–H groups in total. The lowest BCUT2D eigenvalue weighted by Gasteiger charge is -2.16. The van der Waals surface area contributed by atoms with Crippen LogP contribution in [0, 0.1) is 6.92 Å². The van der Waals surface area contributed by atoms with Gasteiger partial charge < -0.3 is 10.2 Å². The van der Waals surface area contributed by atoms with Crippen LogP contribution >= 0.6 is 0 Å². The Morgan fingerprint density at radius 2 is 1.85 bits per heavy atom. The Kier molecular flexibility index (Phi) is 3.33. The Morgan fingerprint density at radius 1 is 1.05 bits per heavy atom. The van der Waals surface area contributed by atoms with E-state index >= 15 is 0 Å². The molecule has 0 saturated carbocycles. The number of fused-ring (bicyclic) bond motifs is 1. The number of hydrogen-bond acceptors (Lipinski definition) is 2. The molecule has 0 radical (unpaired) electrons. The summed E-state index contributed by atoms with van der Waals surface area (Å²) in [4.78, 5) is 0. The van der Waals surface area contributed by atoms with Gasteiger partial charge in [-0.3, -0.25) is 0 Å². The summed E-state index contributed by atoms with van der Waals surface area (Å²) in [5, 5.41) is 2.42. The lowest BCUT2D eigenvalue weighted by atomic mass is 9.93. The fraction of sp³-hybridized carbons (Fsp3) is 0.222. The Morgan fingerprint density at radius 3 is 2.60 bits per heavy atom. The SMILES string of the molecule is CCc1ccc(C(N)c2c(C)ccc3ccccc23)o1. The second-order valence-corrected chi connectivity index (χ2v) is 5.15. The highest BCUT2D eigenvalue weighted by molar-refractivity contribution is 5.87. The summed E-state index contributed by atoms with van der Waals surface area (Å²) in [7, 11) is 0. The number of hydrogen-bond donors (Lipinski definition) is 1. The summed E-state index contributed by atoms with van der Waals surface area (Å²) in [5.74, 6) is 1.81. The molecule has 2 nitrogen and oxygen atoms in total. The maximum Gasteiger partial charge on any atom is 0.125 e. The molecule has 0 saturated heterocycles. The van der Waals surface area contributed by atoms with E-state index in [1.165, 1.54) is 16.3 Å². The average molecular weight is 265 g/mol. The minimum atomic E-state index is -0.221. The van der Waals surface area contributed by atoms with Gasteiger partial charge in [0.05, 0.1) is 6.04 Å². The molecule has 0 spiro atoms. The van der Waals surface area contributed by atoms with Gasteiger partial charge in [0.1, 0.15) is 11.5 Å². The van der Waals surface area contributed by atoms with Gasteiger partial charge in [0, 0.05) is 6.42 Å². The first-order chi connectivity index (χ1) is 9.70. The standard InChI is InChI=1S/C18H19NO/c1-3-14-10-11-16(20-14)18(19)17-12(2)8-9-13-6-4-5-7-15(13)17/h4-11,18H,3,19H2,1-2H3. The van der Waals surface area contributed by atoms with E-state index in [2.05, 4.69) is 50.2 Å². The van der Waals surface area contributed by atoms with Crippen LogP contribution in [0.4, 0.5) is 0 Å². The number of aryl methyl sites for hydroxylation is 2. The van der Waals surface area contributed by atoms with E-state index < -0.39 is 0 Å². The van der Waals surface area contributed by atoms with Crippen molar-refractivity contribution in [2.45, 2.75) is 26.3 Å². The predicted octanol–water partition coefficient (Wildman–Crippen LogP) is 4.35. The van der Waals surface area contributed by atoms with Gasteiger partial charge in [-0.15, -0.1) is 0 Å². The summed E-state index contributed by atoms with van der Waals surface area (Å²) in [6.07, 6.45) is 0.890. The van der Waals surface area contributed by atoms with Crippen LogP contribution in [0.3, 0.4) is 0 Å². The van der Waals surface area contributed by atoms with Crippen molar-refractivity contribution in [1.82, 2.24) is 0 Å². The molecule has 102 valence electrons. The van der Waals surface area contributed by atoms with Crippen LogP contribution in [0.15, 0.2) is 52.9 Å². The van der Waals surface area contributed by atoms with Crippen LogP contribution < -0.4 is 5.73 Å². The summed E-state index contributed by atoms with van der Waals surface area (Å²) in [6.45, 7) is 4.18. The molecule has 0 aliphatic carbocycles. The molecule has 1 unspecified atom stereocenters. The van der Waals surface area contributed by atoms with Gasteiger partial charge in [0.15, 0.2) is 0 Å². The Balaban J connectivity index is 2.15. The number of nitrogens with two attached hydrogens (primary N) is 1. The van der Waals surface area contributed by atoms with Crippen molar-refractivity contribution in [3.8, 4) is 0 Å². The molecule has 0 fully saturated rings. The smallest absolute Gasteiger partial charge is 0.125 e. The fourth-order valence-electron chi connectivity index (χ4n) is 2.71. The zero-order valence-corrected chi connectivity index (χ0v) is 11.9. The first-order valence-corrected chi connectivity index (χ1v) is 7.03. The molecule has 1 heterocycles. The van der Waals surface area contributed by atoms with E-state index in [-0.39, 0.29) is 6.04 Å². The van der Waals surface area contributed by atoms with Crippen molar-refractivity contribution in [3.05, 3.63) is 71.2 Å². The molecular formula is C18H19NO. The molecule has 20 heavy (non-hydrogen) atoms. The first kappa shape index (κ1) is 12.9. The maximum absolute atomic E-state index is 6.46. The van der Waals surface area contributed by atoms with Crippen molar-refractivity contribution in [2.75, 3.05) is 0 Å². The highest BCUT2D eigenvalue weighted by atomic mass is 16.3. The van der Waals surface area contributed by atoms with Crippen molar-refractivity contribution in [2.24, 2.45) is 5.73 Å². The van der Waals surface area contributed by atoms with Crippen molar-refractivity contribution >= 4 is 10.8 Å². The fourth-order valence-corrected chi connectivity index (χ4v) is 2.71. The van der Waals surface area contributed by atoms with Gasteiger partial charge in [-0.05, 0) is 41.0 Å². The second-order valence-electron chi connectivity index (χ2n) is 5.15. The van der Waals surface area contributed by atoms with Crippen LogP contribution in [0.2, 0.25) is 0 Å². The minimum Gasteiger partial charge on any atom is -0.464 e. The third-order valence-corrected chi connectivity index (χ3v) is 3.84. The van der Waals surface area contributed by atoms with E-state index in [0.29, 0.717) is 0 Å². The van der Waals surface area contributed by atoms with Gasteiger partial charge in [-0.25, -0.2) is 0 Å². The molecule has 0 bridgehead atoms. The zero-order chi connectivity index (χ0) is 14.1. The van der Waals surface area contributed by atoms with Gasteiger partial charge in [-0.2, -0.15) is 0 Å². The number of benzene rings is 2. The Labute approximate surface area is 119 Å². The molecule has 0 amide bonds. The first-order valence-electron chi connectivity index (χ1n) is 7.03. The predicted molar refractivity (Wildman–Crippen MR) is 82.8 cm³/mol. The minimum absolute atomic E-state index is 0.221. The largest absolute Gasteiger partial charge is 0.464 e. The quantitative estimate of drug-likeness (QED) is 0.764. The molecule has 0 aliphatic rings. The van der Waals surface area contributed by atoms with Gasteiger partial charge in [-0.1, -0.05) is 43.3 Å². The lowest BCUT2D eigenvalue weighted by Crippen LogP contribution is -2.13. The molecule has 3 rings (SSSR count). The molecule has 0 aliphatic heterocycles. The topological polar surface area (TPSA) is 39.2 Å². The van der Waals surface area contributed by atoms with Gasteiger partial charge in [0.2, 0.25) is 0 Å². The lowest BCUT2D eigenvalue weighted by molar-refractivity contribution is 0.454. The summed E-state index contributed by atoms with van der Waals surface area (Å²) in [6, 6.07) is 16.4. The van der Waals surface area contributed by atoms with E-state index in [1.54, 1.807) is 0 Å². The van der Waals surface area contributed by atoms with E-state index in [1.807, 2.05) is 12.1 Å². The number of rotatable bonds is 3. The van der Waals surface area contributed by atoms with Crippen molar-refractivity contribution < 1.29 is 4.42 Å². The Hall–Kier alpha value is -2.06. The molecule has 2 aromatic carbocycles. The molecule has 1 atom stereocenters. The van der Waals surface area contributed by atoms with E-state index in [4.69, 9.17) is 10.2 Å². The van der Waals surface area contributed by atoms with Crippen LogP contribution in [-0.2, 0) is 6.42 Å². The monoisotopic (exact) mass is 265 g/mol. The maximum atomic E-state index is 6.46. The number of furan rings is 1. The van der Waals surface area contributed by atoms with Gasteiger partial charge in [0.25, 0.3) is 0 Å². The van der Waals surface area contributed by atoms with Crippen LogP contribution in [0.5, 0.6) is 0 Å². The highest BCUT2D eigenvalue weighted by Crippen LogP contribution is 2.31. The van der Waals surface area contributed by atoms with Crippen LogP contribution in [0.1, 0.15) is 35.6 Å². The normalized spacial score (nSPS) is 12.8. The molecule has 2 heteroatoms. The van der Waals surface area contributed by atoms with E-state index in [9.17, 15) is 0 Å². The second kappa shape index (κ2) is 5.14. The molecule has 1 aromatic heterocycles. The summed E-state index contributed by atoms with van der Waals surface area (Å²) < 4.78 is 5.83. The summed E-state index contributed by atoms with van der Waals surface area (Å²) >= 11 is 0. The van der Waals surface area contributed by atoms with Crippen LogP contribution in [-0.4, -0.2) is 0 Å². The molecular weight excluding hydrogens is 246 g/mol. The Bertz CT molecular complexity index is 742. The third kappa shape index (κ3) is 2.12. The van der Waals surface area contributed by atoms with Crippen molar-refractivity contribution in [1.29, 1.82) is 0 Å². The summed E-state index contributed by atoms with van der Waals surface area (Å²) in [5.41, 5.74) is 8.81. The van der Waals surface area contributed by atoms with Crippen molar-refractivity contribution in [3.63, 3.8) is 0 Å². The molecule has 3 aromatic rings. The average Bonchev–Trinajstić information content (AvgIpc) is 2.95. The zero-order valence-electron chi connectivity index (χ0n) is 11.9. The van der Waals surface area contributed by atoms with Gasteiger partial charge >= 0.3 is 0 Å². The highest BCUT2D eigenvalue weighted by Gasteiger charge is 2.17. The van der Waals surface area contributed by atoms with E-state index in [0.717, 1.165) is 23.5 Å².